The molecule has 1 unspecified atom stereocenters. The highest BCUT2D eigenvalue weighted by Gasteiger charge is 2.13. The molecule has 104 valence electrons. The Morgan fingerprint density at radius 1 is 1.32 bits per heavy atom. The average molecular weight is 284 g/mol. The second-order valence-corrected chi connectivity index (χ2v) is 5.63. The van der Waals surface area contributed by atoms with Crippen LogP contribution in [0.3, 0.4) is 0 Å². The van der Waals surface area contributed by atoms with Crippen LogP contribution >= 0.6 is 0 Å². The second kappa shape index (κ2) is 6.42. The molecular weight excluding hydrogens is 268 g/mol. The molecule has 1 aromatic rings. The van der Waals surface area contributed by atoms with Gasteiger partial charge in [0, 0.05) is 35.9 Å². The molecule has 0 radical (unpaired) electrons. The Morgan fingerprint density at radius 3 is 2.89 bits per heavy atom. The molecule has 1 atom stereocenters. The lowest BCUT2D eigenvalue weighted by Crippen LogP contribution is -2.37. The lowest BCUT2D eigenvalue weighted by atomic mass is 10.2. The van der Waals surface area contributed by atoms with Gasteiger partial charge in [-0.1, -0.05) is 6.07 Å². The Balaban J connectivity index is 1.76. The molecule has 0 saturated heterocycles. The summed E-state index contributed by atoms with van der Waals surface area (Å²) in [6.07, 6.45) is 1.60. The minimum atomic E-state index is -0.895. The molecule has 1 aliphatic heterocycles. The van der Waals surface area contributed by atoms with Gasteiger partial charge in [-0.2, -0.15) is 0 Å². The number of ether oxygens (including phenoxy) is 2. The van der Waals surface area contributed by atoms with Crippen LogP contribution in [-0.2, 0) is 17.3 Å². The first kappa shape index (κ1) is 13.7. The fourth-order valence-corrected chi connectivity index (χ4v) is 1.99. The summed E-state index contributed by atoms with van der Waals surface area (Å²) in [4.78, 5) is 11.5. The molecular formula is C12H16N2O4S. The van der Waals surface area contributed by atoms with Gasteiger partial charge in [-0.3, -0.25) is 4.21 Å². The first-order chi connectivity index (χ1) is 9.15. The summed E-state index contributed by atoms with van der Waals surface area (Å²) in [6.45, 7) is 1.04. The zero-order valence-electron chi connectivity index (χ0n) is 10.6. The number of carbonyl (C=O) groups excluding carboxylic acids is 1. The second-order valence-electron chi connectivity index (χ2n) is 4.07. The number of rotatable bonds is 5. The largest absolute Gasteiger partial charge is 0.454 e. The molecule has 0 bridgehead atoms. The van der Waals surface area contributed by atoms with E-state index < -0.39 is 10.8 Å². The smallest absolute Gasteiger partial charge is 0.315 e. The van der Waals surface area contributed by atoms with Gasteiger partial charge in [0.2, 0.25) is 6.79 Å². The van der Waals surface area contributed by atoms with Crippen molar-refractivity contribution in [2.45, 2.75) is 6.54 Å². The molecule has 6 nitrogen and oxygen atoms in total. The summed E-state index contributed by atoms with van der Waals surface area (Å²) in [5.74, 6) is 1.87. The van der Waals surface area contributed by atoms with Gasteiger partial charge < -0.3 is 20.1 Å². The molecule has 0 aromatic heterocycles. The normalized spacial score (nSPS) is 13.9. The SMILES string of the molecule is CS(=O)CCNC(=O)NCc1ccc2c(c1)OCO2. The maximum Gasteiger partial charge on any atom is 0.315 e. The number of benzene rings is 1. The van der Waals surface area contributed by atoms with Crippen LogP contribution in [0.4, 0.5) is 4.79 Å². The Kier molecular flexibility index (Phi) is 4.62. The van der Waals surface area contributed by atoms with E-state index in [-0.39, 0.29) is 12.8 Å². The standard InChI is InChI=1S/C12H16N2O4S/c1-19(16)5-4-13-12(15)14-7-9-2-3-10-11(6-9)18-8-17-10/h2-3,6H,4-5,7-8H2,1H3,(H2,13,14,15). The quantitative estimate of drug-likeness (QED) is 0.830. The Labute approximate surface area is 113 Å². The van der Waals surface area contributed by atoms with Gasteiger partial charge in [0.05, 0.1) is 0 Å². The van der Waals surface area contributed by atoms with E-state index in [1.54, 1.807) is 6.26 Å². The van der Waals surface area contributed by atoms with Gasteiger partial charge in [0.25, 0.3) is 0 Å². The number of nitrogens with one attached hydrogen (secondary N) is 2. The van der Waals surface area contributed by atoms with Crippen molar-refractivity contribution in [3.8, 4) is 11.5 Å². The number of hydrogen-bond acceptors (Lipinski definition) is 4. The predicted molar refractivity (Wildman–Crippen MR) is 71.7 cm³/mol. The molecule has 19 heavy (non-hydrogen) atoms. The van der Waals surface area contributed by atoms with Crippen LogP contribution in [0.1, 0.15) is 5.56 Å². The number of fused-ring (bicyclic) bond motifs is 1. The number of hydrogen-bond donors (Lipinski definition) is 2. The molecule has 2 N–H and O–H groups in total. The molecule has 1 aromatic carbocycles. The first-order valence-electron chi connectivity index (χ1n) is 5.85. The number of carbonyl (C=O) groups is 1. The summed E-state index contributed by atoms with van der Waals surface area (Å²) < 4.78 is 21.3. The van der Waals surface area contributed by atoms with Gasteiger partial charge in [0.15, 0.2) is 11.5 Å². The summed E-state index contributed by atoms with van der Waals surface area (Å²) in [5.41, 5.74) is 0.929. The van der Waals surface area contributed by atoms with E-state index in [4.69, 9.17) is 9.47 Å². The Morgan fingerprint density at radius 2 is 2.11 bits per heavy atom. The van der Waals surface area contributed by atoms with Crippen LogP contribution < -0.4 is 20.1 Å². The third kappa shape index (κ3) is 4.13. The highest BCUT2D eigenvalue weighted by molar-refractivity contribution is 7.84. The molecule has 0 aliphatic carbocycles. The van der Waals surface area contributed by atoms with E-state index in [0.29, 0.717) is 24.6 Å². The van der Waals surface area contributed by atoms with Gasteiger partial charge in [-0.15, -0.1) is 0 Å². The molecule has 7 heteroatoms. The summed E-state index contributed by atoms with van der Waals surface area (Å²) in [6, 6.07) is 5.25. The molecule has 2 amide bonds. The summed E-state index contributed by atoms with van der Waals surface area (Å²) >= 11 is 0. The molecule has 1 aliphatic rings. The molecule has 0 saturated carbocycles. The van der Waals surface area contributed by atoms with Crippen LogP contribution in [-0.4, -0.2) is 35.6 Å². The van der Waals surface area contributed by atoms with Gasteiger partial charge in [-0.05, 0) is 17.7 Å². The topological polar surface area (TPSA) is 76.7 Å². The van der Waals surface area contributed by atoms with Crippen LogP contribution in [0, 0.1) is 0 Å². The lowest BCUT2D eigenvalue weighted by molar-refractivity contribution is 0.174. The fourth-order valence-electron chi connectivity index (χ4n) is 1.60. The zero-order valence-corrected chi connectivity index (χ0v) is 11.4. The van der Waals surface area contributed by atoms with E-state index in [1.165, 1.54) is 0 Å². The number of urea groups is 1. The van der Waals surface area contributed by atoms with Crippen LogP contribution in [0.5, 0.6) is 11.5 Å². The third-order valence-electron chi connectivity index (χ3n) is 2.57. The molecule has 0 fully saturated rings. The van der Waals surface area contributed by atoms with E-state index in [2.05, 4.69) is 10.6 Å². The maximum absolute atomic E-state index is 11.5. The predicted octanol–water partition coefficient (Wildman–Crippen LogP) is 0.593. The van der Waals surface area contributed by atoms with E-state index in [9.17, 15) is 9.00 Å². The van der Waals surface area contributed by atoms with Crippen molar-refractivity contribution < 1.29 is 18.5 Å². The average Bonchev–Trinajstić information content (AvgIpc) is 2.83. The molecule has 2 rings (SSSR count). The third-order valence-corrected chi connectivity index (χ3v) is 3.34. The minimum Gasteiger partial charge on any atom is -0.454 e. The van der Waals surface area contributed by atoms with Crippen LogP contribution in [0.15, 0.2) is 18.2 Å². The Hall–Kier alpha value is -1.76. The first-order valence-corrected chi connectivity index (χ1v) is 7.58. The van der Waals surface area contributed by atoms with Crippen molar-refractivity contribution in [2.24, 2.45) is 0 Å². The summed E-state index contributed by atoms with van der Waals surface area (Å²) in [7, 11) is -0.895. The molecule has 0 spiro atoms. The summed E-state index contributed by atoms with van der Waals surface area (Å²) in [5, 5.41) is 5.36. The van der Waals surface area contributed by atoms with Gasteiger partial charge in [-0.25, -0.2) is 4.79 Å². The van der Waals surface area contributed by atoms with Crippen molar-refractivity contribution in [1.82, 2.24) is 10.6 Å². The monoisotopic (exact) mass is 284 g/mol. The van der Waals surface area contributed by atoms with Gasteiger partial charge >= 0.3 is 6.03 Å². The van der Waals surface area contributed by atoms with Gasteiger partial charge in [0.1, 0.15) is 0 Å². The minimum absolute atomic E-state index is 0.237. The fraction of sp³-hybridized carbons (Fsp3) is 0.417. The van der Waals surface area contributed by atoms with Crippen molar-refractivity contribution in [1.29, 1.82) is 0 Å². The van der Waals surface area contributed by atoms with E-state index in [0.717, 1.165) is 11.3 Å². The highest BCUT2D eigenvalue weighted by atomic mass is 32.2. The van der Waals surface area contributed by atoms with Crippen molar-refractivity contribution >= 4 is 16.8 Å². The Bertz CT molecular complexity index is 493. The van der Waals surface area contributed by atoms with E-state index >= 15 is 0 Å². The van der Waals surface area contributed by atoms with Crippen LogP contribution in [0.25, 0.3) is 0 Å². The lowest BCUT2D eigenvalue weighted by Gasteiger charge is -2.07. The van der Waals surface area contributed by atoms with E-state index in [1.807, 2.05) is 18.2 Å². The number of amides is 2. The maximum atomic E-state index is 11.5. The molecule has 1 heterocycles. The highest BCUT2D eigenvalue weighted by Crippen LogP contribution is 2.32. The van der Waals surface area contributed by atoms with Crippen molar-refractivity contribution in [3.05, 3.63) is 23.8 Å². The van der Waals surface area contributed by atoms with Crippen molar-refractivity contribution in [2.75, 3.05) is 25.3 Å². The van der Waals surface area contributed by atoms with Crippen molar-refractivity contribution in [3.63, 3.8) is 0 Å². The van der Waals surface area contributed by atoms with Crippen LogP contribution in [0.2, 0.25) is 0 Å². The zero-order chi connectivity index (χ0) is 13.7.